The predicted molar refractivity (Wildman–Crippen MR) is 145 cm³/mol. The van der Waals surface area contributed by atoms with Crippen LogP contribution in [-0.4, -0.2) is 54.4 Å². The van der Waals surface area contributed by atoms with Crippen LogP contribution in [-0.2, 0) is 24.4 Å². The molecule has 2 aliphatic heterocycles. The normalized spacial score (nSPS) is 17.7. The highest BCUT2D eigenvalue weighted by Crippen LogP contribution is 2.17. The molecule has 2 aromatic rings. The minimum atomic E-state index is 0. The molecule has 0 spiro atoms. The number of piperidine rings is 1. The molecule has 1 amide bonds. The molecule has 0 saturated carbocycles. The molecule has 2 aliphatic rings. The fourth-order valence-electron chi connectivity index (χ4n) is 4.60. The molecule has 6 nitrogen and oxygen atoms in total. The monoisotopic (exact) mass is 561 g/mol. The summed E-state index contributed by atoms with van der Waals surface area (Å²) in [5.74, 6) is 1.11. The van der Waals surface area contributed by atoms with Crippen molar-refractivity contribution in [3.05, 3.63) is 71.3 Å². The first-order valence-electron chi connectivity index (χ1n) is 11.8. The van der Waals surface area contributed by atoms with E-state index >= 15 is 0 Å². The first kappa shape index (κ1) is 25.5. The number of likely N-dealkylation sites (tertiary alicyclic amines) is 2. The molecule has 0 radical (unpaired) electrons. The van der Waals surface area contributed by atoms with Gasteiger partial charge in [0.15, 0.2) is 5.96 Å². The Morgan fingerprint density at radius 1 is 0.970 bits per heavy atom. The lowest BCUT2D eigenvalue weighted by Gasteiger charge is -2.33. The average Bonchev–Trinajstić information content (AvgIpc) is 3.23. The van der Waals surface area contributed by atoms with Crippen molar-refractivity contribution in [3.63, 3.8) is 0 Å². The SMILES string of the molecule is CN=C(NCc1ccccc1CN1CCCC1=O)NC1CCN(Cc2ccccc2)CC1.I. The number of hydrogen-bond acceptors (Lipinski definition) is 3. The van der Waals surface area contributed by atoms with E-state index in [9.17, 15) is 4.79 Å². The number of guanidine groups is 1. The fourth-order valence-corrected chi connectivity index (χ4v) is 4.60. The predicted octanol–water partition coefficient (Wildman–Crippen LogP) is 3.76. The van der Waals surface area contributed by atoms with E-state index in [0.717, 1.165) is 51.4 Å². The molecule has 2 saturated heterocycles. The van der Waals surface area contributed by atoms with Crippen molar-refractivity contribution in [3.8, 4) is 0 Å². The largest absolute Gasteiger partial charge is 0.354 e. The molecule has 0 aliphatic carbocycles. The van der Waals surface area contributed by atoms with Gasteiger partial charge in [-0.15, -0.1) is 24.0 Å². The number of carbonyl (C=O) groups is 1. The summed E-state index contributed by atoms with van der Waals surface area (Å²) in [6.45, 7) is 5.48. The van der Waals surface area contributed by atoms with Crippen molar-refractivity contribution in [1.29, 1.82) is 0 Å². The first-order chi connectivity index (χ1) is 15.7. The Balaban J connectivity index is 0.00000306. The van der Waals surface area contributed by atoms with Gasteiger partial charge in [-0.25, -0.2) is 0 Å². The van der Waals surface area contributed by atoms with E-state index < -0.39 is 0 Å². The quantitative estimate of drug-likeness (QED) is 0.307. The van der Waals surface area contributed by atoms with Gasteiger partial charge in [0.2, 0.25) is 5.91 Å². The van der Waals surface area contributed by atoms with Crippen LogP contribution in [0.1, 0.15) is 42.4 Å². The third-order valence-corrected chi connectivity index (χ3v) is 6.50. The number of rotatable bonds is 7. The molecule has 2 N–H and O–H groups in total. The molecule has 4 rings (SSSR count). The van der Waals surface area contributed by atoms with E-state index in [4.69, 9.17) is 0 Å². The van der Waals surface area contributed by atoms with Crippen LogP contribution in [0.25, 0.3) is 0 Å². The molecular weight excluding hydrogens is 525 g/mol. The summed E-state index contributed by atoms with van der Waals surface area (Å²) < 4.78 is 0. The molecule has 2 aromatic carbocycles. The topological polar surface area (TPSA) is 60.0 Å². The van der Waals surface area contributed by atoms with Gasteiger partial charge in [-0.1, -0.05) is 54.6 Å². The van der Waals surface area contributed by atoms with Crippen LogP contribution < -0.4 is 10.6 Å². The number of nitrogens with zero attached hydrogens (tertiary/aromatic N) is 3. The summed E-state index contributed by atoms with van der Waals surface area (Å²) in [5, 5.41) is 7.09. The molecule has 178 valence electrons. The van der Waals surface area contributed by atoms with Gasteiger partial charge in [-0.2, -0.15) is 0 Å². The summed E-state index contributed by atoms with van der Waals surface area (Å²) in [7, 11) is 1.83. The Morgan fingerprint density at radius 2 is 1.67 bits per heavy atom. The van der Waals surface area contributed by atoms with Crippen molar-refractivity contribution in [1.82, 2.24) is 20.4 Å². The number of benzene rings is 2. The average molecular weight is 562 g/mol. The van der Waals surface area contributed by atoms with Gasteiger partial charge in [-0.05, 0) is 36.0 Å². The van der Waals surface area contributed by atoms with Crippen molar-refractivity contribution < 1.29 is 4.79 Å². The summed E-state index contributed by atoms with van der Waals surface area (Å²) >= 11 is 0. The molecule has 33 heavy (non-hydrogen) atoms. The molecule has 0 atom stereocenters. The van der Waals surface area contributed by atoms with E-state index in [-0.39, 0.29) is 29.9 Å². The Morgan fingerprint density at radius 3 is 2.33 bits per heavy atom. The third kappa shape index (κ3) is 7.43. The van der Waals surface area contributed by atoms with Gasteiger partial charge in [0.1, 0.15) is 0 Å². The van der Waals surface area contributed by atoms with Crippen LogP contribution in [0, 0.1) is 0 Å². The molecule has 0 bridgehead atoms. The highest BCUT2D eigenvalue weighted by atomic mass is 127. The van der Waals surface area contributed by atoms with Crippen molar-refractivity contribution in [2.45, 2.75) is 51.4 Å². The lowest BCUT2D eigenvalue weighted by atomic mass is 10.0. The van der Waals surface area contributed by atoms with Crippen molar-refractivity contribution in [2.75, 3.05) is 26.7 Å². The molecule has 7 heteroatoms. The zero-order valence-corrected chi connectivity index (χ0v) is 21.8. The van der Waals surface area contributed by atoms with E-state index in [0.29, 0.717) is 25.6 Å². The number of nitrogens with one attached hydrogen (secondary N) is 2. The molecule has 0 aromatic heterocycles. The zero-order valence-electron chi connectivity index (χ0n) is 19.5. The summed E-state index contributed by atoms with van der Waals surface area (Å²) in [6.07, 6.45) is 3.88. The summed E-state index contributed by atoms with van der Waals surface area (Å²) in [5.41, 5.74) is 3.80. The lowest BCUT2D eigenvalue weighted by molar-refractivity contribution is -0.128. The summed E-state index contributed by atoms with van der Waals surface area (Å²) in [4.78, 5) is 21.0. The van der Waals surface area contributed by atoms with Gasteiger partial charge in [0.05, 0.1) is 0 Å². The van der Waals surface area contributed by atoms with Crippen LogP contribution in [0.4, 0.5) is 0 Å². The molecule has 0 unspecified atom stereocenters. The molecule has 2 fully saturated rings. The number of amides is 1. The second kappa shape index (κ2) is 12.9. The highest BCUT2D eigenvalue weighted by molar-refractivity contribution is 14.0. The van der Waals surface area contributed by atoms with Crippen LogP contribution in [0.2, 0.25) is 0 Å². The van der Waals surface area contributed by atoms with Gasteiger partial charge in [0.25, 0.3) is 0 Å². The second-order valence-electron chi connectivity index (χ2n) is 8.79. The van der Waals surface area contributed by atoms with Crippen molar-refractivity contribution in [2.24, 2.45) is 4.99 Å². The van der Waals surface area contributed by atoms with Gasteiger partial charge in [-0.3, -0.25) is 14.7 Å². The zero-order chi connectivity index (χ0) is 22.2. The Bertz CT molecular complexity index is 912. The maximum Gasteiger partial charge on any atom is 0.222 e. The standard InChI is InChI=1S/C26H35N5O.HI/c1-27-26(29-24-13-16-30(17-14-24)19-21-8-3-2-4-9-21)28-18-22-10-5-6-11-23(22)20-31-15-7-12-25(31)32;/h2-6,8-11,24H,7,12-20H2,1H3,(H2,27,28,29);1H. The van der Waals surface area contributed by atoms with Crippen LogP contribution in [0.5, 0.6) is 0 Å². The van der Waals surface area contributed by atoms with Crippen LogP contribution >= 0.6 is 24.0 Å². The van der Waals surface area contributed by atoms with Gasteiger partial charge in [0, 0.05) is 58.8 Å². The molecule has 2 heterocycles. The molecular formula is C26H36IN5O. The maximum atomic E-state index is 12.0. The van der Waals surface area contributed by atoms with Gasteiger partial charge < -0.3 is 15.5 Å². The van der Waals surface area contributed by atoms with Crippen molar-refractivity contribution >= 4 is 35.8 Å². The van der Waals surface area contributed by atoms with Crippen LogP contribution in [0.15, 0.2) is 59.6 Å². The minimum absolute atomic E-state index is 0. The second-order valence-corrected chi connectivity index (χ2v) is 8.79. The minimum Gasteiger partial charge on any atom is -0.354 e. The third-order valence-electron chi connectivity index (χ3n) is 6.50. The number of halogens is 1. The Labute approximate surface area is 214 Å². The summed E-state index contributed by atoms with van der Waals surface area (Å²) in [6, 6.07) is 19.5. The lowest BCUT2D eigenvalue weighted by Crippen LogP contribution is -2.48. The van der Waals surface area contributed by atoms with E-state index in [1.54, 1.807) is 0 Å². The van der Waals surface area contributed by atoms with E-state index in [1.807, 2.05) is 11.9 Å². The number of aliphatic imine (C=N–C) groups is 1. The van der Waals surface area contributed by atoms with E-state index in [1.165, 1.54) is 16.7 Å². The first-order valence-corrected chi connectivity index (χ1v) is 11.8. The number of carbonyl (C=O) groups excluding carboxylic acids is 1. The number of hydrogen-bond donors (Lipinski definition) is 2. The van der Waals surface area contributed by atoms with E-state index in [2.05, 4.69) is 75.1 Å². The van der Waals surface area contributed by atoms with Crippen LogP contribution in [0.3, 0.4) is 0 Å². The Hall–Kier alpha value is -2.13. The smallest absolute Gasteiger partial charge is 0.222 e. The fraction of sp³-hybridized carbons (Fsp3) is 0.462. The highest BCUT2D eigenvalue weighted by Gasteiger charge is 2.22. The van der Waals surface area contributed by atoms with Gasteiger partial charge >= 0.3 is 0 Å². The Kier molecular flexibility index (Phi) is 9.99. The maximum absolute atomic E-state index is 12.0.